The highest BCUT2D eigenvalue weighted by atomic mass is 19.1. The molecule has 3 aromatic carbocycles. The first-order valence-electron chi connectivity index (χ1n) is 16.6. The number of fused-ring (bicyclic) bond motifs is 1. The molecule has 0 spiro atoms. The topological polar surface area (TPSA) is 159 Å². The number of carbonyl (C=O) groups excluding carboxylic acids is 1. The maximum atomic E-state index is 13.7. The Bertz CT molecular complexity index is 1820. The molecule has 3 aliphatic heterocycles. The lowest BCUT2D eigenvalue weighted by Crippen LogP contribution is -2.55. The lowest BCUT2D eigenvalue weighted by Gasteiger charge is -2.45. The number of nitrogens with zero attached hydrogens (tertiary/aromatic N) is 5. The van der Waals surface area contributed by atoms with E-state index < -0.39 is 24.6 Å². The lowest BCUT2D eigenvalue weighted by molar-refractivity contribution is -0.297. The molecule has 3 aliphatic rings. The van der Waals surface area contributed by atoms with E-state index in [4.69, 9.17) is 24.1 Å². The Hall–Kier alpha value is -4.93. The zero-order valence-corrected chi connectivity index (χ0v) is 27.8. The number of likely N-dealkylation sites (N-methyl/N-ethyl adjacent to an activating group) is 1. The third-order valence-corrected chi connectivity index (χ3v) is 8.54. The van der Waals surface area contributed by atoms with Crippen molar-refractivity contribution in [3.8, 4) is 22.5 Å². The summed E-state index contributed by atoms with van der Waals surface area (Å²) >= 11 is 0. The van der Waals surface area contributed by atoms with E-state index >= 15 is 0 Å². The summed E-state index contributed by atoms with van der Waals surface area (Å²) in [6.07, 6.45) is 3.13. The highest BCUT2D eigenvalue weighted by molar-refractivity contribution is 5.80. The van der Waals surface area contributed by atoms with Crippen LogP contribution in [-0.2, 0) is 23.7 Å². The minimum atomic E-state index is -0.673. The number of aromatic nitrogens is 6. The van der Waals surface area contributed by atoms with Gasteiger partial charge < -0.3 is 29.4 Å². The molecule has 5 unspecified atom stereocenters. The van der Waals surface area contributed by atoms with Crippen molar-refractivity contribution >= 4 is 5.91 Å². The molecule has 8 rings (SSSR count). The van der Waals surface area contributed by atoms with E-state index in [2.05, 4.69) is 31.0 Å². The highest BCUT2D eigenvalue weighted by Crippen LogP contribution is 2.39. The molecule has 5 aromatic rings. The van der Waals surface area contributed by atoms with Crippen LogP contribution in [0.25, 0.3) is 22.5 Å². The SMILES string of the molecule is CNC(=O)C1CC(n2cc(-c3cccc(F)c3)nn2)C2OC(c3ccccc3)OCC2O1.Fc1cccc(-c2cn[nH]n2)c1.OC1CCOCC1. The molecular formula is C36H39F2N7O6. The first kappa shape index (κ1) is 35.9. The van der Waals surface area contributed by atoms with Gasteiger partial charge in [0.15, 0.2) is 6.29 Å². The van der Waals surface area contributed by atoms with Crippen molar-refractivity contribution in [2.75, 3.05) is 26.9 Å². The number of rotatable bonds is 5. The van der Waals surface area contributed by atoms with Crippen LogP contribution in [0.3, 0.4) is 0 Å². The average molecular weight is 704 g/mol. The molecule has 3 N–H and O–H groups in total. The quantitative estimate of drug-likeness (QED) is 0.240. The van der Waals surface area contributed by atoms with Gasteiger partial charge in [0.2, 0.25) is 5.91 Å². The normalized spacial score (nSPS) is 23.1. The molecule has 3 fully saturated rings. The van der Waals surface area contributed by atoms with Crippen LogP contribution in [-0.4, -0.2) is 92.7 Å². The van der Waals surface area contributed by atoms with Crippen LogP contribution in [0, 0.1) is 11.6 Å². The second-order valence-corrected chi connectivity index (χ2v) is 12.1. The molecule has 0 bridgehead atoms. The van der Waals surface area contributed by atoms with Crippen LogP contribution in [0.1, 0.15) is 37.2 Å². The van der Waals surface area contributed by atoms with Crippen molar-refractivity contribution in [2.45, 2.75) is 56.0 Å². The van der Waals surface area contributed by atoms with Gasteiger partial charge in [-0.25, -0.2) is 13.5 Å². The van der Waals surface area contributed by atoms with Crippen LogP contribution in [0.2, 0.25) is 0 Å². The number of H-pyrrole nitrogens is 1. The lowest BCUT2D eigenvalue weighted by atomic mass is 9.94. The molecule has 1 amide bonds. The number of nitrogens with one attached hydrogen (secondary N) is 2. The summed E-state index contributed by atoms with van der Waals surface area (Å²) in [5.41, 5.74) is 3.43. The van der Waals surface area contributed by atoms with Gasteiger partial charge in [-0.05, 0) is 37.1 Å². The van der Waals surface area contributed by atoms with Crippen LogP contribution in [0.5, 0.6) is 0 Å². The molecule has 3 saturated heterocycles. The minimum Gasteiger partial charge on any atom is -0.393 e. The summed E-state index contributed by atoms with van der Waals surface area (Å²) in [6, 6.07) is 21.7. The van der Waals surface area contributed by atoms with Crippen LogP contribution >= 0.6 is 0 Å². The zero-order chi connectivity index (χ0) is 35.6. The number of carbonyl (C=O) groups is 1. The second kappa shape index (κ2) is 17.3. The number of hydrogen-bond acceptors (Lipinski definition) is 10. The maximum absolute atomic E-state index is 13.7. The van der Waals surface area contributed by atoms with E-state index in [1.165, 1.54) is 24.3 Å². The van der Waals surface area contributed by atoms with Crippen molar-refractivity contribution in [3.05, 3.63) is 108 Å². The summed E-state index contributed by atoms with van der Waals surface area (Å²) in [4.78, 5) is 12.4. The van der Waals surface area contributed by atoms with Gasteiger partial charge in [0.05, 0.1) is 31.1 Å². The summed E-state index contributed by atoms with van der Waals surface area (Å²) in [5.74, 6) is -0.832. The van der Waals surface area contributed by atoms with E-state index in [9.17, 15) is 13.6 Å². The van der Waals surface area contributed by atoms with E-state index in [1.54, 1.807) is 48.4 Å². The number of ether oxygens (including phenoxy) is 4. The number of aliphatic hydroxyl groups excluding tert-OH is 1. The molecule has 51 heavy (non-hydrogen) atoms. The molecule has 0 radical (unpaired) electrons. The smallest absolute Gasteiger partial charge is 0.248 e. The molecule has 0 aliphatic carbocycles. The van der Waals surface area contributed by atoms with Gasteiger partial charge in [0.25, 0.3) is 0 Å². The highest BCUT2D eigenvalue weighted by Gasteiger charge is 2.47. The Kier molecular flexibility index (Phi) is 12.2. The molecular weight excluding hydrogens is 664 g/mol. The molecule has 13 nitrogen and oxygen atoms in total. The molecule has 2 aromatic heterocycles. The monoisotopic (exact) mass is 703 g/mol. The summed E-state index contributed by atoms with van der Waals surface area (Å²) in [5, 5.41) is 29.9. The predicted molar refractivity (Wildman–Crippen MR) is 180 cm³/mol. The third-order valence-electron chi connectivity index (χ3n) is 8.54. The van der Waals surface area contributed by atoms with Crippen molar-refractivity contribution in [1.29, 1.82) is 0 Å². The van der Waals surface area contributed by atoms with Crippen molar-refractivity contribution in [2.24, 2.45) is 0 Å². The molecule has 0 saturated carbocycles. The molecule has 268 valence electrons. The second-order valence-electron chi connectivity index (χ2n) is 12.1. The van der Waals surface area contributed by atoms with Crippen molar-refractivity contribution in [3.63, 3.8) is 0 Å². The summed E-state index contributed by atoms with van der Waals surface area (Å²) in [6.45, 7) is 1.75. The Labute approximate surface area is 292 Å². The average Bonchev–Trinajstić information content (AvgIpc) is 3.89. The van der Waals surface area contributed by atoms with Gasteiger partial charge in [-0.2, -0.15) is 15.4 Å². The van der Waals surface area contributed by atoms with Crippen molar-refractivity contribution in [1.82, 2.24) is 35.7 Å². The van der Waals surface area contributed by atoms with Gasteiger partial charge in [0.1, 0.15) is 41.3 Å². The first-order valence-corrected chi connectivity index (χ1v) is 16.6. The summed E-state index contributed by atoms with van der Waals surface area (Å²) < 4.78 is 51.3. The first-order chi connectivity index (χ1) is 24.9. The van der Waals surface area contributed by atoms with E-state index in [0.29, 0.717) is 23.4 Å². The Morgan fingerprint density at radius 1 is 0.941 bits per heavy atom. The number of benzene rings is 3. The van der Waals surface area contributed by atoms with Gasteiger partial charge in [-0.3, -0.25) is 4.79 Å². The third kappa shape index (κ3) is 9.45. The number of aromatic amines is 1. The van der Waals surface area contributed by atoms with Gasteiger partial charge >= 0.3 is 0 Å². The van der Waals surface area contributed by atoms with Crippen LogP contribution in [0.15, 0.2) is 91.3 Å². The predicted octanol–water partition coefficient (Wildman–Crippen LogP) is 4.41. The van der Waals surface area contributed by atoms with Gasteiger partial charge in [0, 0.05) is 43.4 Å². The Morgan fingerprint density at radius 2 is 1.65 bits per heavy atom. The van der Waals surface area contributed by atoms with E-state index in [0.717, 1.165) is 37.2 Å². The molecule has 15 heteroatoms. The maximum Gasteiger partial charge on any atom is 0.248 e. The minimum absolute atomic E-state index is 0.0891. The molecule has 5 heterocycles. The fourth-order valence-electron chi connectivity index (χ4n) is 5.89. The van der Waals surface area contributed by atoms with Crippen LogP contribution in [0.4, 0.5) is 8.78 Å². The zero-order valence-electron chi connectivity index (χ0n) is 27.8. The van der Waals surface area contributed by atoms with Crippen molar-refractivity contribution < 1.29 is 37.6 Å². The number of halogens is 2. The Balaban J connectivity index is 0.000000191. The van der Waals surface area contributed by atoms with Gasteiger partial charge in [-0.1, -0.05) is 59.8 Å². The van der Waals surface area contributed by atoms with Gasteiger partial charge in [-0.15, -0.1) is 5.10 Å². The number of hydrogen-bond donors (Lipinski definition) is 3. The summed E-state index contributed by atoms with van der Waals surface area (Å²) in [7, 11) is 1.57. The van der Waals surface area contributed by atoms with E-state index in [-0.39, 0.29) is 36.3 Å². The fourth-order valence-corrected chi connectivity index (χ4v) is 5.89. The Morgan fingerprint density at radius 3 is 2.25 bits per heavy atom. The van der Waals surface area contributed by atoms with E-state index in [1.807, 2.05) is 30.3 Å². The standard InChI is InChI=1S/C23H23FN4O4.C8H6FN3.C5H10O2/c1-25-22(29)19-11-18(28-12-17(26-27-28)15-8-5-9-16(24)10-15)21-20(31-19)13-30-23(32-21)14-6-3-2-4-7-14;9-7-3-1-2-6(4-7)8-5-10-12-11-8;6-5-1-3-7-4-2-5/h2-10,12,18-21,23H,11,13H2,1H3,(H,25,29);1-5H,(H,10,11,12);5-6H,1-4H2. The van der Waals surface area contributed by atoms with Crippen LogP contribution < -0.4 is 5.32 Å². The number of aliphatic hydroxyl groups is 1. The fraction of sp³-hybridized carbons (Fsp3) is 0.361. The largest absolute Gasteiger partial charge is 0.393 e. The molecule has 5 atom stereocenters. The number of amides is 1.